The summed E-state index contributed by atoms with van der Waals surface area (Å²) in [6.45, 7) is -0.0409. The third-order valence-corrected chi connectivity index (χ3v) is 6.40. The summed E-state index contributed by atoms with van der Waals surface area (Å²) < 4.78 is 36.1. The van der Waals surface area contributed by atoms with E-state index in [2.05, 4.69) is 15.8 Å². The maximum atomic E-state index is 12.4. The van der Waals surface area contributed by atoms with Crippen molar-refractivity contribution in [2.24, 2.45) is 5.10 Å². The lowest BCUT2D eigenvalue weighted by Crippen LogP contribution is -2.39. The highest BCUT2D eigenvalue weighted by Gasteiger charge is 2.21. The van der Waals surface area contributed by atoms with Crippen LogP contribution in [0.5, 0.6) is 11.5 Å². The second-order valence-electron chi connectivity index (χ2n) is 8.21. The Labute approximate surface area is 222 Å². The second kappa shape index (κ2) is 13.8. The summed E-state index contributed by atoms with van der Waals surface area (Å²) >= 11 is 0. The molecule has 3 aromatic rings. The number of nitrogens with one attached hydrogen (secondary N) is 2. The fourth-order valence-corrected chi connectivity index (χ4v) is 4.20. The van der Waals surface area contributed by atoms with E-state index in [9.17, 15) is 18.0 Å². The fraction of sp³-hybridized carbons (Fsp3) is 0.222. The Kier molecular flexibility index (Phi) is 10.2. The van der Waals surface area contributed by atoms with Gasteiger partial charge in [0.1, 0.15) is 18.0 Å². The Bertz CT molecular complexity index is 1350. The van der Waals surface area contributed by atoms with Crippen LogP contribution in [0, 0.1) is 0 Å². The number of rotatable bonds is 13. The molecule has 0 fully saturated rings. The fourth-order valence-electron chi connectivity index (χ4n) is 3.35. The van der Waals surface area contributed by atoms with Gasteiger partial charge < -0.3 is 14.8 Å². The number of methoxy groups -OCH3 is 1. The molecule has 11 heteroatoms. The Hall–Kier alpha value is -4.38. The SMILES string of the molecule is COc1cccc(N(CC(=O)N/N=C\c2ccc(OCC(=O)NCCc3ccccc3)cc2)S(C)(=O)=O)c1. The van der Waals surface area contributed by atoms with Crippen LogP contribution in [0.3, 0.4) is 0 Å². The minimum absolute atomic E-state index is 0.109. The molecular weight excluding hydrogens is 508 g/mol. The minimum atomic E-state index is -3.73. The average molecular weight is 539 g/mol. The number of nitrogens with zero attached hydrogens (tertiary/aromatic N) is 2. The highest BCUT2D eigenvalue weighted by molar-refractivity contribution is 7.92. The summed E-state index contributed by atoms with van der Waals surface area (Å²) in [5, 5.41) is 6.71. The van der Waals surface area contributed by atoms with Gasteiger partial charge in [0.15, 0.2) is 6.61 Å². The lowest BCUT2D eigenvalue weighted by atomic mass is 10.1. The summed E-state index contributed by atoms with van der Waals surface area (Å²) in [5.74, 6) is 0.135. The van der Waals surface area contributed by atoms with E-state index in [4.69, 9.17) is 9.47 Å². The molecule has 0 aromatic heterocycles. The van der Waals surface area contributed by atoms with Gasteiger partial charge in [0, 0.05) is 12.6 Å². The normalized spacial score (nSPS) is 11.1. The van der Waals surface area contributed by atoms with E-state index in [1.807, 2.05) is 30.3 Å². The van der Waals surface area contributed by atoms with Gasteiger partial charge in [-0.05, 0) is 53.9 Å². The minimum Gasteiger partial charge on any atom is -0.497 e. The zero-order chi connectivity index (χ0) is 27.4. The largest absolute Gasteiger partial charge is 0.497 e. The highest BCUT2D eigenvalue weighted by Crippen LogP contribution is 2.22. The van der Waals surface area contributed by atoms with Crippen LogP contribution in [-0.2, 0) is 26.0 Å². The smallest absolute Gasteiger partial charge is 0.260 e. The van der Waals surface area contributed by atoms with E-state index >= 15 is 0 Å². The number of amides is 2. The molecule has 0 saturated heterocycles. The van der Waals surface area contributed by atoms with Gasteiger partial charge >= 0.3 is 0 Å². The van der Waals surface area contributed by atoms with Crippen molar-refractivity contribution in [2.45, 2.75) is 6.42 Å². The molecule has 0 saturated carbocycles. The maximum absolute atomic E-state index is 12.4. The standard InChI is InChI=1S/C27H30N4O6S/c1-36-25-10-6-9-23(17-25)31(38(2,34)35)19-26(32)30-29-18-22-11-13-24(14-12-22)37-20-27(33)28-16-15-21-7-4-3-5-8-21/h3-14,17-18H,15-16,19-20H2,1-2H3,(H,28,33)(H,30,32)/b29-18-. The summed E-state index contributed by atoms with van der Waals surface area (Å²) in [4.78, 5) is 24.4. The lowest BCUT2D eigenvalue weighted by Gasteiger charge is -2.21. The number of hydrogen-bond donors (Lipinski definition) is 2. The van der Waals surface area contributed by atoms with Gasteiger partial charge in [-0.25, -0.2) is 13.8 Å². The summed E-state index contributed by atoms with van der Waals surface area (Å²) in [6, 6.07) is 23.0. The van der Waals surface area contributed by atoms with Crippen molar-refractivity contribution in [3.63, 3.8) is 0 Å². The first-order chi connectivity index (χ1) is 18.2. The predicted molar refractivity (Wildman–Crippen MR) is 146 cm³/mol. The summed E-state index contributed by atoms with van der Waals surface area (Å²) in [7, 11) is -2.26. The van der Waals surface area contributed by atoms with Crippen molar-refractivity contribution in [3.8, 4) is 11.5 Å². The number of benzene rings is 3. The van der Waals surface area contributed by atoms with Crippen LogP contribution in [0.15, 0.2) is 84.0 Å². The number of ether oxygens (including phenoxy) is 2. The highest BCUT2D eigenvalue weighted by atomic mass is 32.2. The molecule has 10 nitrogen and oxygen atoms in total. The quantitative estimate of drug-likeness (QED) is 0.254. The lowest BCUT2D eigenvalue weighted by molar-refractivity contribution is -0.123. The first kappa shape index (κ1) is 28.2. The van der Waals surface area contributed by atoms with Crippen molar-refractivity contribution in [1.82, 2.24) is 10.7 Å². The zero-order valence-corrected chi connectivity index (χ0v) is 22.0. The number of carbonyl (C=O) groups excluding carboxylic acids is 2. The maximum Gasteiger partial charge on any atom is 0.260 e. The van der Waals surface area contributed by atoms with Crippen LogP contribution in [0.2, 0.25) is 0 Å². The average Bonchev–Trinajstić information content (AvgIpc) is 2.91. The van der Waals surface area contributed by atoms with E-state index in [1.165, 1.54) is 19.4 Å². The number of hydrazone groups is 1. The Morgan fingerprint density at radius 3 is 2.37 bits per heavy atom. The second-order valence-corrected chi connectivity index (χ2v) is 10.1. The predicted octanol–water partition coefficient (Wildman–Crippen LogP) is 2.35. The zero-order valence-electron chi connectivity index (χ0n) is 21.2. The Morgan fingerprint density at radius 2 is 1.68 bits per heavy atom. The van der Waals surface area contributed by atoms with Crippen LogP contribution in [-0.4, -0.2) is 59.5 Å². The molecule has 0 radical (unpaired) electrons. The molecule has 0 unspecified atom stereocenters. The van der Waals surface area contributed by atoms with Gasteiger partial charge in [-0.1, -0.05) is 36.4 Å². The molecule has 200 valence electrons. The van der Waals surface area contributed by atoms with Crippen LogP contribution in [0.4, 0.5) is 5.69 Å². The van der Waals surface area contributed by atoms with Gasteiger partial charge in [-0.2, -0.15) is 5.10 Å². The number of sulfonamides is 1. The van der Waals surface area contributed by atoms with Gasteiger partial charge in [0.05, 0.1) is 25.3 Å². The monoisotopic (exact) mass is 538 g/mol. The topological polar surface area (TPSA) is 126 Å². The summed E-state index contributed by atoms with van der Waals surface area (Å²) in [6.07, 6.45) is 3.17. The van der Waals surface area contributed by atoms with Crippen LogP contribution in [0.25, 0.3) is 0 Å². The van der Waals surface area contributed by atoms with Crippen LogP contribution >= 0.6 is 0 Å². The molecule has 0 aliphatic carbocycles. The van der Waals surface area contributed by atoms with Gasteiger partial charge in [-0.3, -0.25) is 13.9 Å². The van der Waals surface area contributed by atoms with E-state index in [1.54, 1.807) is 42.5 Å². The third-order valence-electron chi connectivity index (χ3n) is 5.26. The van der Waals surface area contributed by atoms with Crippen LogP contribution < -0.4 is 24.5 Å². The number of carbonyl (C=O) groups is 2. The molecule has 2 N–H and O–H groups in total. The van der Waals surface area contributed by atoms with E-state index in [0.29, 0.717) is 29.3 Å². The molecule has 2 amide bonds. The van der Waals surface area contributed by atoms with E-state index < -0.39 is 22.5 Å². The van der Waals surface area contributed by atoms with Crippen molar-refractivity contribution in [2.75, 3.05) is 37.4 Å². The van der Waals surface area contributed by atoms with Crippen LogP contribution in [0.1, 0.15) is 11.1 Å². The van der Waals surface area contributed by atoms with Gasteiger partial charge in [0.25, 0.3) is 11.8 Å². The Morgan fingerprint density at radius 1 is 0.947 bits per heavy atom. The molecule has 0 heterocycles. The molecule has 3 aromatic carbocycles. The molecular formula is C27H30N4O6S. The first-order valence-corrected chi connectivity index (χ1v) is 13.6. The molecule has 0 atom stereocenters. The molecule has 0 bridgehead atoms. The molecule has 0 aliphatic rings. The van der Waals surface area contributed by atoms with E-state index in [-0.39, 0.29) is 12.5 Å². The summed E-state index contributed by atoms with van der Waals surface area (Å²) in [5.41, 5.74) is 4.43. The Balaban J connectivity index is 1.44. The van der Waals surface area contributed by atoms with Crippen molar-refractivity contribution in [3.05, 3.63) is 90.0 Å². The third kappa shape index (κ3) is 9.25. The van der Waals surface area contributed by atoms with Gasteiger partial charge in [0.2, 0.25) is 10.0 Å². The molecule has 0 spiro atoms. The van der Waals surface area contributed by atoms with E-state index in [0.717, 1.165) is 22.5 Å². The van der Waals surface area contributed by atoms with Crippen molar-refractivity contribution >= 4 is 33.7 Å². The van der Waals surface area contributed by atoms with Gasteiger partial charge in [-0.15, -0.1) is 0 Å². The van der Waals surface area contributed by atoms with Crippen molar-refractivity contribution < 1.29 is 27.5 Å². The molecule has 3 rings (SSSR count). The number of hydrogen-bond acceptors (Lipinski definition) is 7. The molecule has 38 heavy (non-hydrogen) atoms. The molecule has 0 aliphatic heterocycles. The number of anilines is 1. The van der Waals surface area contributed by atoms with Crippen molar-refractivity contribution in [1.29, 1.82) is 0 Å². The first-order valence-electron chi connectivity index (χ1n) is 11.7.